The fourth-order valence-corrected chi connectivity index (χ4v) is 0. The number of hydrogen-bond acceptors (Lipinski definition) is 2. The third-order valence-electron chi connectivity index (χ3n) is 0. The van der Waals surface area contributed by atoms with Gasteiger partial charge in [-0.1, -0.05) is 6.08 Å². The highest BCUT2D eigenvalue weighted by molar-refractivity contribution is 6.15. The second-order valence-electron chi connectivity index (χ2n) is 3.09. The van der Waals surface area contributed by atoms with Gasteiger partial charge in [-0.15, -0.1) is 18.2 Å². The Kier molecular flexibility index (Phi) is 52.7. The van der Waals surface area contributed by atoms with Gasteiger partial charge in [0.25, 0.3) is 0 Å². The van der Waals surface area contributed by atoms with Crippen molar-refractivity contribution in [3.8, 4) is 0 Å². The van der Waals surface area contributed by atoms with Crippen LogP contribution in [0.4, 0.5) is 0 Å². The van der Waals surface area contributed by atoms with E-state index in [-0.39, 0.29) is 0 Å². The monoisotopic (exact) mass is 210 g/mol. The van der Waals surface area contributed by atoms with Crippen LogP contribution in [0.15, 0.2) is 12.7 Å². The lowest BCUT2D eigenvalue weighted by atomic mass is 10.8. The molecule has 0 aromatic heterocycles. The maximum Gasteiger partial charge on any atom is 0.0108 e. The maximum atomic E-state index is 4.64. The summed E-state index contributed by atoms with van der Waals surface area (Å²) in [6, 6.07) is 0. The van der Waals surface area contributed by atoms with Crippen molar-refractivity contribution >= 4 is 11.6 Å². The van der Waals surface area contributed by atoms with Crippen LogP contribution in [0.5, 0.6) is 0 Å². The van der Waals surface area contributed by atoms with E-state index in [1.807, 2.05) is 59.0 Å². The van der Waals surface area contributed by atoms with E-state index in [1.165, 1.54) is 6.38 Å². The van der Waals surface area contributed by atoms with Crippen molar-refractivity contribution in [2.45, 2.75) is 6.92 Å². The van der Waals surface area contributed by atoms with E-state index >= 15 is 0 Å². The molecule has 0 unspecified atom stereocenters. The molecule has 0 N–H and O–H groups in total. The minimum absolute atomic E-state index is 1.47. The van der Waals surface area contributed by atoms with E-state index in [0.29, 0.717) is 0 Å². The Balaban J connectivity index is -0.0000000431. The third kappa shape index (κ3) is 473000. The van der Waals surface area contributed by atoms with Crippen LogP contribution in [0, 0.1) is 0 Å². The summed E-state index contributed by atoms with van der Waals surface area (Å²) < 4.78 is 0. The summed E-state index contributed by atoms with van der Waals surface area (Å²) in [5, 5.41) is 0. The molecule has 3 heteroatoms. The summed E-state index contributed by atoms with van der Waals surface area (Å²) in [6.45, 7) is 5.25. The van der Waals surface area contributed by atoms with Gasteiger partial charge < -0.3 is 9.80 Å². The molecule has 0 amide bonds. The Bertz CT molecular complexity index is 52.4. The molecule has 0 fully saturated rings. The molecule has 0 aliphatic rings. The molecule has 0 saturated heterocycles. The summed E-state index contributed by atoms with van der Waals surface area (Å²) in [7, 11) is 12.0. The number of alkyl halides is 1. The lowest BCUT2D eigenvalue weighted by Crippen LogP contribution is -1.99. The number of rotatable bonds is 0. The molecule has 0 aliphatic heterocycles. The van der Waals surface area contributed by atoms with Crippen molar-refractivity contribution in [2.75, 3.05) is 48.7 Å². The van der Waals surface area contributed by atoms with Gasteiger partial charge in [0.05, 0.1) is 0 Å². The van der Waals surface area contributed by atoms with Gasteiger partial charge >= 0.3 is 0 Å². The van der Waals surface area contributed by atoms with E-state index in [9.17, 15) is 0 Å². The molecule has 0 bridgehead atoms. The van der Waals surface area contributed by atoms with Gasteiger partial charge in [0, 0.05) is 6.38 Å². The zero-order chi connectivity index (χ0) is 11.9. The molecule has 0 radical (unpaired) electrons. The van der Waals surface area contributed by atoms with Gasteiger partial charge in [0.1, 0.15) is 0 Å². The maximum absolute atomic E-state index is 4.64. The van der Waals surface area contributed by atoms with Crippen LogP contribution in [0.1, 0.15) is 6.92 Å². The highest BCUT2D eigenvalue weighted by Crippen LogP contribution is 1.48. The normalized spacial score (nSPS) is 7.00. The SMILES string of the molecule is C=CC.CCl.CN(C)C.CN(C)C. The predicted molar refractivity (Wildman–Crippen MR) is 66.9 cm³/mol. The summed E-state index contributed by atoms with van der Waals surface area (Å²) in [5.41, 5.74) is 0. The Morgan fingerprint density at radius 3 is 0.846 bits per heavy atom. The van der Waals surface area contributed by atoms with Crippen LogP contribution in [0.25, 0.3) is 0 Å². The van der Waals surface area contributed by atoms with Crippen LogP contribution < -0.4 is 0 Å². The van der Waals surface area contributed by atoms with Gasteiger partial charge in [-0.3, -0.25) is 0 Å². The Morgan fingerprint density at radius 1 is 0.846 bits per heavy atom. The fourth-order valence-electron chi connectivity index (χ4n) is 0. The second kappa shape index (κ2) is 29.7. The minimum Gasteiger partial charge on any atom is -0.312 e. The summed E-state index contributed by atoms with van der Waals surface area (Å²) in [4.78, 5) is 4.00. The highest BCUT2D eigenvalue weighted by atomic mass is 35.5. The number of hydrogen-bond donors (Lipinski definition) is 0. The average Bonchev–Trinajstić information content (AvgIpc) is 1.89. The number of halogens is 1. The molecule has 0 heterocycles. The molecule has 0 atom stereocenters. The molecule has 0 aliphatic carbocycles. The topological polar surface area (TPSA) is 6.48 Å². The molecule has 0 rings (SSSR count). The second-order valence-corrected chi connectivity index (χ2v) is 3.09. The van der Waals surface area contributed by atoms with Crippen LogP contribution >= 0.6 is 11.6 Å². The first kappa shape index (κ1) is 23.1. The molecule has 0 saturated carbocycles. The first-order valence-electron chi connectivity index (χ1n) is 4.05. The molecule has 13 heavy (non-hydrogen) atoms. The van der Waals surface area contributed by atoms with Crippen molar-refractivity contribution in [2.24, 2.45) is 0 Å². The van der Waals surface area contributed by atoms with E-state index in [2.05, 4.69) is 18.2 Å². The van der Waals surface area contributed by atoms with Crippen molar-refractivity contribution in [1.29, 1.82) is 0 Å². The minimum atomic E-state index is 1.47. The van der Waals surface area contributed by atoms with Gasteiger partial charge in [0.2, 0.25) is 0 Å². The van der Waals surface area contributed by atoms with Gasteiger partial charge in [-0.05, 0) is 49.2 Å². The summed E-state index contributed by atoms with van der Waals surface area (Å²) in [6.07, 6.45) is 3.22. The zero-order valence-electron chi connectivity index (χ0n) is 10.6. The van der Waals surface area contributed by atoms with Crippen LogP contribution in [-0.4, -0.2) is 58.5 Å². The van der Waals surface area contributed by atoms with E-state index in [1.54, 1.807) is 6.08 Å². The van der Waals surface area contributed by atoms with Gasteiger partial charge in [-0.25, -0.2) is 0 Å². The standard InChI is InChI=1S/2C3H9N.C3H6.CH3Cl/c2*1-4(2)3;1-3-2;1-2/h2*1-3H3;3H,1H2,2H3;1H3. The first-order valence-corrected chi connectivity index (χ1v) is 4.80. The van der Waals surface area contributed by atoms with E-state index in [0.717, 1.165) is 0 Å². The third-order valence-corrected chi connectivity index (χ3v) is 0. The van der Waals surface area contributed by atoms with Crippen molar-refractivity contribution in [3.63, 3.8) is 0 Å². The van der Waals surface area contributed by atoms with Crippen LogP contribution in [0.2, 0.25) is 0 Å². The summed E-state index contributed by atoms with van der Waals surface area (Å²) >= 11 is 4.64. The Labute approximate surface area is 90.2 Å². The molecular formula is C10H27ClN2. The van der Waals surface area contributed by atoms with Gasteiger partial charge in [-0.2, -0.15) is 0 Å². The first-order chi connectivity index (χ1) is 5.88. The lowest BCUT2D eigenvalue weighted by molar-refractivity contribution is 0.505. The number of nitrogens with zero attached hydrogens (tertiary/aromatic N) is 2. The molecule has 0 spiro atoms. The smallest absolute Gasteiger partial charge is 0.0108 e. The fraction of sp³-hybridized carbons (Fsp3) is 0.800. The van der Waals surface area contributed by atoms with E-state index < -0.39 is 0 Å². The average molecular weight is 211 g/mol. The predicted octanol–water partition coefficient (Wildman–Crippen LogP) is 2.40. The molecule has 2 nitrogen and oxygen atoms in total. The molecule has 84 valence electrons. The van der Waals surface area contributed by atoms with Crippen LogP contribution in [-0.2, 0) is 0 Å². The molecular weight excluding hydrogens is 184 g/mol. The van der Waals surface area contributed by atoms with Gasteiger partial charge in [0.15, 0.2) is 0 Å². The van der Waals surface area contributed by atoms with Crippen molar-refractivity contribution in [1.82, 2.24) is 9.80 Å². The van der Waals surface area contributed by atoms with Crippen molar-refractivity contribution in [3.05, 3.63) is 12.7 Å². The Morgan fingerprint density at radius 2 is 0.846 bits per heavy atom. The largest absolute Gasteiger partial charge is 0.312 e. The highest BCUT2D eigenvalue weighted by Gasteiger charge is 1.58. The molecule has 0 aromatic carbocycles. The summed E-state index contributed by atoms with van der Waals surface area (Å²) in [5.74, 6) is 0. The zero-order valence-corrected chi connectivity index (χ0v) is 11.3. The molecule has 0 aromatic rings. The van der Waals surface area contributed by atoms with E-state index in [4.69, 9.17) is 0 Å². The lowest BCUT2D eigenvalue weighted by Gasteiger charge is -1.90. The van der Waals surface area contributed by atoms with Crippen molar-refractivity contribution < 1.29 is 0 Å². The Hall–Kier alpha value is -0.0500. The quantitative estimate of drug-likeness (QED) is 0.448. The number of allylic oxidation sites excluding steroid dienone is 1. The van der Waals surface area contributed by atoms with Crippen LogP contribution in [0.3, 0.4) is 0 Å².